The van der Waals surface area contributed by atoms with Crippen LogP contribution in [0.25, 0.3) is 0 Å². The van der Waals surface area contributed by atoms with Gasteiger partial charge in [0.2, 0.25) is 0 Å². The molecule has 0 fully saturated rings. The van der Waals surface area contributed by atoms with Gasteiger partial charge < -0.3 is 4.90 Å². The maximum Gasteiger partial charge on any atom is 0.323 e. The molecule has 0 atom stereocenters. The number of carbonyl (C=O) groups is 1. The smallest absolute Gasteiger partial charge is 0.323 e. The van der Waals surface area contributed by atoms with Gasteiger partial charge in [0.25, 0.3) is 0 Å². The van der Waals surface area contributed by atoms with E-state index in [9.17, 15) is 4.79 Å². The summed E-state index contributed by atoms with van der Waals surface area (Å²) in [5, 5.41) is 0.642. The highest BCUT2D eigenvalue weighted by molar-refractivity contribution is 6.31. The summed E-state index contributed by atoms with van der Waals surface area (Å²) in [4.78, 5) is 14.8. The molecule has 0 unspecified atom stereocenters. The fraction of sp³-hybridized carbons (Fsp3) is 0.364. The van der Waals surface area contributed by atoms with Crippen molar-refractivity contribution in [3.63, 3.8) is 0 Å². The van der Waals surface area contributed by atoms with Crippen LogP contribution in [0.2, 0.25) is 5.02 Å². The molecule has 82 valence electrons. The van der Waals surface area contributed by atoms with Gasteiger partial charge in [-0.15, -0.1) is 0 Å². The highest BCUT2D eigenvalue weighted by Crippen LogP contribution is 2.21. The van der Waals surface area contributed by atoms with Crippen LogP contribution in [-0.4, -0.2) is 32.1 Å². The summed E-state index contributed by atoms with van der Waals surface area (Å²) < 4.78 is 0. The molecule has 4 heteroatoms. The second-order valence-corrected chi connectivity index (χ2v) is 4.16. The molecule has 0 spiro atoms. The second kappa shape index (κ2) is 4.53. The minimum Gasteiger partial charge on any atom is -0.330 e. The van der Waals surface area contributed by atoms with Crippen LogP contribution in [0.3, 0.4) is 0 Å². The van der Waals surface area contributed by atoms with Crippen LogP contribution in [0.4, 0.5) is 10.5 Å². The van der Waals surface area contributed by atoms with Crippen molar-refractivity contribution < 1.29 is 4.79 Å². The number of halogens is 1. The average molecular weight is 227 g/mol. The third-order valence-electron chi connectivity index (χ3n) is 2.08. The van der Waals surface area contributed by atoms with E-state index in [1.165, 1.54) is 4.90 Å². The first-order chi connectivity index (χ1) is 6.91. The first kappa shape index (κ1) is 11.9. The number of aryl methyl sites for hydroxylation is 1. The van der Waals surface area contributed by atoms with Gasteiger partial charge in [0, 0.05) is 31.9 Å². The Bertz CT molecular complexity index is 357. The Morgan fingerprint density at radius 2 is 1.80 bits per heavy atom. The summed E-state index contributed by atoms with van der Waals surface area (Å²) in [6.07, 6.45) is 0. The minimum atomic E-state index is -0.0725. The lowest BCUT2D eigenvalue weighted by Gasteiger charge is -2.22. The standard InChI is InChI=1S/C11H15ClN2O/c1-8-5-9(12)7-10(6-8)14(4)11(15)13(2)3/h5-7H,1-4H3. The predicted molar refractivity (Wildman–Crippen MR) is 63.7 cm³/mol. The topological polar surface area (TPSA) is 23.6 Å². The van der Waals surface area contributed by atoms with Gasteiger partial charge in [-0.3, -0.25) is 4.90 Å². The second-order valence-electron chi connectivity index (χ2n) is 3.72. The van der Waals surface area contributed by atoms with Gasteiger partial charge in [-0.2, -0.15) is 0 Å². The zero-order valence-corrected chi connectivity index (χ0v) is 10.2. The van der Waals surface area contributed by atoms with Gasteiger partial charge in [0.05, 0.1) is 0 Å². The Balaban J connectivity index is 3.00. The molecular formula is C11H15ClN2O. The van der Waals surface area contributed by atoms with Gasteiger partial charge >= 0.3 is 6.03 Å². The van der Waals surface area contributed by atoms with E-state index < -0.39 is 0 Å². The molecule has 3 nitrogen and oxygen atoms in total. The number of benzene rings is 1. The molecule has 0 aliphatic carbocycles. The monoisotopic (exact) mass is 226 g/mol. The summed E-state index contributed by atoms with van der Waals surface area (Å²) in [5.74, 6) is 0. The van der Waals surface area contributed by atoms with Gasteiger partial charge in [0.1, 0.15) is 0 Å². The Morgan fingerprint density at radius 3 is 2.27 bits per heavy atom. The fourth-order valence-corrected chi connectivity index (χ4v) is 1.61. The van der Waals surface area contributed by atoms with E-state index in [0.717, 1.165) is 11.3 Å². The molecule has 1 rings (SSSR count). The summed E-state index contributed by atoms with van der Waals surface area (Å²) >= 11 is 5.93. The molecule has 0 saturated heterocycles. The predicted octanol–water partition coefficient (Wildman–Crippen LogP) is 2.77. The molecule has 0 N–H and O–H groups in total. The summed E-state index contributed by atoms with van der Waals surface area (Å²) in [6.45, 7) is 1.95. The van der Waals surface area contributed by atoms with Crippen molar-refractivity contribution in [1.29, 1.82) is 0 Å². The van der Waals surface area contributed by atoms with Crippen molar-refractivity contribution in [2.45, 2.75) is 6.92 Å². The largest absolute Gasteiger partial charge is 0.330 e. The van der Waals surface area contributed by atoms with Crippen molar-refractivity contribution in [3.05, 3.63) is 28.8 Å². The molecule has 0 saturated carbocycles. The van der Waals surface area contributed by atoms with Crippen molar-refractivity contribution in [3.8, 4) is 0 Å². The molecule has 0 heterocycles. The van der Waals surface area contributed by atoms with Gasteiger partial charge in [0.15, 0.2) is 0 Å². The molecule has 15 heavy (non-hydrogen) atoms. The van der Waals surface area contributed by atoms with E-state index in [0.29, 0.717) is 5.02 Å². The van der Waals surface area contributed by atoms with E-state index in [4.69, 9.17) is 11.6 Å². The molecule has 0 bridgehead atoms. The first-order valence-corrected chi connectivity index (χ1v) is 5.02. The van der Waals surface area contributed by atoms with E-state index in [-0.39, 0.29) is 6.03 Å². The maximum absolute atomic E-state index is 11.7. The van der Waals surface area contributed by atoms with Crippen molar-refractivity contribution in [2.75, 3.05) is 26.0 Å². The molecule has 1 aromatic rings. The number of hydrogen-bond acceptors (Lipinski definition) is 1. The van der Waals surface area contributed by atoms with Crippen molar-refractivity contribution >= 4 is 23.3 Å². The highest BCUT2D eigenvalue weighted by atomic mass is 35.5. The third kappa shape index (κ3) is 2.86. The number of nitrogens with zero attached hydrogens (tertiary/aromatic N) is 2. The molecule has 2 amide bonds. The highest BCUT2D eigenvalue weighted by Gasteiger charge is 2.13. The van der Waals surface area contributed by atoms with Crippen LogP contribution < -0.4 is 4.90 Å². The number of hydrogen-bond donors (Lipinski definition) is 0. The van der Waals surface area contributed by atoms with E-state index in [2.05, 4.69) is 0 Å². The Hall–Kier alpha value is -1.22. The SMILES string of the molecule is Cc1cc(Cl)cc(N(C)C(=O)N(C)C)c1. The van der Waals surface area contributed by atoms with Crippen molar-refractivity contribution in [1.82, 2.24) is 4.90 Å². The summed E-state index contributed by atoms with van der Waals surface area (Å²) in [5.41, 5.74) is 1.84. The van der Waals surface area contributed by atoms with Crippen LogP contribution >= 0.6 is 11.6 Å². The molecule has 0 aromatic heterocycles. The van der Waals surface area contributed by atoms with Crippen LogP contribution in [0.5, 0.6) is 0 Å². The normalized spacial score (nSPS) is 9.93. The molecule has 0 aliphatic heterocycles. The molecular weight excluding hydrogens is 212 g/mol. The van der Waals surface area contributed by atoms with Gasteiger partial charge in [-0.05, 0) is 30.7 Å². The lowest BCUT2D eigenvalue weighted by Crippen LogP contribution is -2.36. The van der Waals surface area contributed by atoms with E-state index >= 15 is 0 Å². The van der Waals surface area contributed by atoms with Crippen LogP contribution in [0.1, 0.15) is 5.56 Å². The Morgan fingerprint density at radius 1 is 1.20 bits per heavy atom. The fourth-order valence-electron chi connectivity index (χ4n) is 1.32. The van der Waals surface area contributed by atoms with E-state index in [1.807, 2.05) is 19.1 Å². The summed E-state index contributed by atoms with van der Waals surface area (Å²) in [7, 11) is 5.17. The zero-order chi connectivity index (χ0) is 11.6. The Labute approximate surface area is 95.2 Å². The number of carbonyl (C=O) groups excluding carboxylic acids is 1. The number of urea groups is 1. The van der Waals surface area contributed by atoms with Crippen LogP contribution in [0.15, 0.2) is 18.2 Å². The lowest BCUT2D eigenvalue weighted by molar-refractivity contribution is 0.225. The zero-order valence-electron chi connectivity index (χ0n) is 9.41. The molecule has 0 radical (unpaired) electrons. The van der Waals surface area contributed by atoms with Gasteiger partial charge in [-0.25, -0.2) is 4.79 Å². The average Bonchev–Trinajstić information content (AvgIpc) is 2.13. The van der Waals surface area contributed by atoms with Gasteiger partial charge in [-0.1, -0.05) is 11.6 Å². The first-order valence-electron chi connectivity index (χ1n) is 4.64. The number of amides is 2. The van der Waals surface area contributed by atoms with Crippen LogP contribution in [0, 0.1) is 6.92 Å². The molecule has 1 aromatic carbocycles. The molecule has 0 aliphatic rings. The Kier molecular flexibility index (Phi) is 3.58. The quantitative estimate of drug-likeness (QED) is 0.722. The number of anilines is 1. The number of rotatable bonds is 1. The lowest BCUT2D eigenvalue weighted by atomic mass is 10.2. The van der Waals surface area contributed by atoms with E-state index in [1.54, 1.807) is 32.1 Å². The maximum atomic E-state index is 11.7. The minimum absolute atomic E-state index is 0.0725. The van der Waals surface area contributed by atoms with Crippen molar-refractivity contribution in [2.24, 2.45) is 0 Å². The van der Waals surface area contributed by atoms with Crippen LogP contribution in [-0.2, 0) is 0 Å². The third-order valence-corrected chi connectivity index (χ3v) is 2.30. The summed E-state index contributed by atoms with van der Waals surface area (Å²) in [6, 6.07) is 5.49.